The second kappa shape index (κ2) is 5.86. The predicted octanol–water partition coefficient (Wildman–Crippen LogP) is 2.38. The van der Waals surface area contributed by atoms with Gasteiger partial charge in [-0.25, -0.2) is 0 Å². The summed E-state index contributed by atoms with van der Waals surface area (Å²) in [5.41, 5.74) is 5.63. The smallest absolute Gasteiger partial charge is 0.00958 e. The molecule has 0 radical (unpaired) electrons. The molecular formula is C13H26N2. The van der Waals surface area contributed by atoms with E-state index >= 15 is 0 Å². The summed E-state index contributed by atoms with van der Waals surface area (Å²) in [6.07, 6.45) is 11.3. The fourth-order valence-electron chi connectivity index (χ4n) is 2.79. The maximum absolute atomic E-state index is 5.63. The van der Waals surface area contributed by atoms with Crippen molar-refractivity contribution in [3.05, 3.63) is 0 Å². The van der Waals surface area contributed by atoms with Crippen LogP contribution in [0.25, 0.3) is 0 Å². The SMILES string of the molecule is NCCCC1CCCCCN1CC1CC1. The van der Waals surface area contributed by atoms with Crippen LogP contribution in [0.15, 0.2) is 0 Å². The van der Waals surface area contributed by atoms with Crippen LogP contribution in [0.3, 0.4) is 0 Å². The van der Waals surface area contributed by atoms with Crippen LogP contribution < -0.4 is 5.73 Å². The fraction of sp³-hybridized carbons (Fsp3) is 1.00. The molecule has 0 aromatic carbocycles. The largest absolute Gasteiger partial charge is 0.330 e. The Hall–Kier alpha value is -0.0800. The molecule has 2 aliphatic rings. The molecule has 2 heteroatoms. The average molecular weight is 210 g/mol. The van der Waals surface area contributed by atoms with Crippen molar-refractivity contribution in [2.24, 2.45) is 11.7 Å². The van der Waals surface area contributed by atoms with Crippen molar-refractivity contribution >= 4 is 0 Å². The van der Waals surface area contributed by atoms with Crippen LogP contribution in [0.5, 0.6) is 0 Å². The second-order valence-electron chi connectivity index (χ2n) is 5.37. The quantitative estimate of drug-likeness (QED) is 0.755. The zero-order valence-electron chi connectivity index (χ0n) is 9.96. The van der Waals surface area contributed by atoms with Gasteiger partial charge in [0.05, 0.1) is 0 Å². The lowest BCUT2D eigenvalue weighted by atomic mass is 10.0. The molecule has 1 saturated heterocycles. The monoisotopic (exact) mass is 210 g/mol. The molecule has 0 spiro atoms. The highest BCUT2D eigenvalue weighted by atomic mass is 15.2. The molecule has 1 atom stereocenters. The molecule has 0 aromatic heterocycles. The fourth-order valence-corrected chi connectivity index (χ4v) is 2.79. The van der Waals surface area contributed by atoms with Crippen LogP contribution in [0.2, 0.25) is 0 Å². The lowest BCUT2D eigenvalue weighted by Crippen LogP contribution is -2.36. The molecule has 0 aromatic rings. The first-order chi connectivity index (χ1) is 7.40. The Labute approximate surface area is 94.2 Å². The Morgan fingerprint density at radius 3 is 2.67 bits per heavy atom. The Kier molecular flexibility index (Phi) is 4.45. The maximum atomic E-state index is 5.63. The van der Waals surface area contributed by atoms with Gasteiger partial charge in [-0.05, 0) is 57.5 Å². The number of rotatable bonds is 5. The van der Waals surface area contributed by atoms with Crippen LogP contribution in [0, 0.1) is 5.92 Å². The number of hydrogen-bond acceptors (Lipinski definition) is 2. The van der Waals surface area contributed by atoms with Crippen molar-refractivity contribution in [3.8, 4) is 0 Å². The zero-order valence-corrected chi connectivity index (χ0v) is 9.96. The third-order valence-corrected chi connectivity index (χ3v) is 3.93. The van der Waals surface area contributed by atoms with Crippen LogP contribution in [-0.2, 0) is 0 Å². The van der Waals surface area contributed by atoms with Crippen molar-refractivity contribution in [3.63, 3.8) is 0 Å². The molecule has 1 unspecified atom stereocenters. The lowest BCUT2D eigenvalue weighted by molar-refractivity contribution is 0.180. The summed E-state index contributed by atoms with van der Waals surface area (Å²) in [6, 6.07) is 0.858. The highest BCUT2D eigenvalue weighted by molar-refractivity contribution is 4.82. The van der Waals surface area contributed by atoms with E-state index in [0.717, 1.165) is 18.5 Å². The van der Waals surface area contributed by atoms with E-state index in [9.17, 15) is 0 Å². The van der Waals surface area contributed by atoms with Crippen LogP contribution in [-0.4, -0.2) is 30.6 Å². The topological polar surface area (TPSA) is 29.3 Å². The van der Waals surface area contributed by atoms with Crippen LogP contribution in [0.4, 0.5) is 0 Å². The Balaban J connectivity index is 1.81. The number of nitrogens with two attached hydrogens (primary N) is 1. The Bertz CT molecular complexity index is 177. The third kappa shape index (κ3) is 3.76. The first kappa shape index (κ1) is 11.4. The number of likely N-dealkylation sites (tertiary alicyclic amines) is 1. The van der Waals surface area contributed by atoms with Gasteiger partial charge in [0.15, 0.2) is 0 Å². The molecule has 1 saturated carbocycles. The first-order valence-electron chi connectivity index (χ1n) is 6.84. The lowest BCUT2D eigenvalue weighted by Gasteiger charge is -2.30. The normalized spacial score (nSPS) is 29.0. The van der Waals surface area contributed by atoms with Gasteiger partial charge >= 0.3 is 0 Å². The van der Waals surface area contributed by atoms with E-state index in [0.29, 0.717) is 0 Å². The van der Waals surface area contributed by atoms with Crippen molar-refractivity contribution in [2.75, 3.05) is 19.6 Å². The predicted molar refractivity (Wildman–Crippen MR) is 64.8 cm³/mol. The summed E-state index contributed by atoms with van der Waals surface area (Å²) in [5.74, 6) is 1.04. The number of hydrogen-bond donors (Lipinski definition) is 1. The summed E-state index contributed by atoms with van der Waals surface area (Å²) in [5, 5.41) is 0. The number of nitrogens with zero attached hydrogens (tertiary/aromatic N) is 1. The molecule has 2 N–H and O–H groups in total. The van der Waals surface area contributed by atoms with Crippen LogP contribution in [0.1, 0.15) is 51.4 Å². The van der Waals surface area contributed by atoms with Gasteiger partial charge in [0, 0.05) is 12.6 Å². The van der Waals surface area contributed by atoms with Gasteiger partial charge < -0.3 is 10.6 Å². The molecule has 88 valence electrons. The van der Waals surface area contributed by atoms with Gasteiger partial charge in [0.25, 0.3) is 0 Å². The van der Waals surface area contributed by atoms with E-state index in [1.54, 1.807) is 0 Å². The minimum Gasteiger partial charge on any atom is -0.330 e. The molecule has 2 fully saturated rings. The third-order valence-electron chi connectivity index (χ3n) is 3.93. The van der Waals surface area contributed by atoms with E-state index in [-0.39, 0.29) is 0 Å². The standard InChI is InChI=1S/C13H26N2/c14-9-4-6-13-5-2-1-3-10-15(13)11-12-7-8-12/h12-13H,1-11,14H2. The average Bonchev–Trinajstić information content (AvgIpc) is 3.05. The Morgan fingerprint density at radius 1 is 1.07 bits per heavy atom. The molecule has 15 heavy (non-hydrogen) atoms. The van der Waals surface area contributed by atoms with Gasteiger partial charge in [-0.3, -0.25) is 0 Å². The van der Waals surface area contributed by atoms with E-state index in [4.69, 9.17) is 5.73 Å². The van der Waals surface area contributed by atoms with E-state index in [1.807, 2.05) is 0 Å². The molecular weight excluding hydrogens is 184 g/mol. The van der Waals surface area contributed by atoms with Crippen molar-refractivity contribution in [1.82, 2.24) is 4.90 Å². The Morgan fingerprint density at radius 2 is 1.93 bits per heavy atom. The molecule has 2 rings (SSSR count). The van der Waals surface area contributed by atoms with Gasteiger partial charge in [-0.2, -0.15) is 0 Å². The van der Waals surface area contributed by atoms with Crippen molar-refractivity contribution in [1.29, 1.82) is 0 Å². The first-order valence-corrected chi connectivity index (χ1v) is 6.84. The molecule has 1 aliphatic carbocycles. The van der Waals surface area contributed by atoms with Crippen molar-refractivity contribution in [2.45, 2.75) is 57.4 Å². The van der Waals surface area contributed by atoms with Crippen LogP contribution >= 0.6 is 0 Å². The molecule has 0 amide bonds. The maximum Gasteiger partial charge on any atom is 0.00958 e. The molecule has 2 nitrogen and oxygen atoms in total. The summed E-state index contributed by atoms with van der Waals surface area (Å²) in [7, 11) is 0. The minimum absolute atomic E-state index is 0.858. The highest BCUT2D eigenvalue weighted by Crippen LogP contribution is 2.32. The zero-order chi connectivity index (χ0) is 10.5. The summed E-state index contributed by atoms with van der Waals surface area (Å²) in [6.45, 7) is 3.61. The van der Waals surface area contributed by atoms with E-state index in [2.05, 4.69) is 4.90 Å². The van der Waals surface area contributed by atoms with Gasteiger partial charge in [-0.1, -0.05) is 12.8 Å². The van der Waals surface area contributed by atoms with Gasteiger partial charge in [-0.15, -0.1) is 0 Å². The summed E-state index contributed by atoms with van der Waals surface area (Å²) < 4.78 is 0. The van der Waals surface area contributed by atoms with Crippen molar-refractivity contribution < 1.29 is 0 Å². The molecule has 0 bridgehead atoms. The summed E-state index contributed by atoms with van der Waals surface area (Å²) >= 11 is 0. The van der Waals surface area contributed by atoms with E-state index in [1.165, 1.54) is 64.5 Å². The van der Waals surface area contributed by atoms with E-state index < -0.39 is 0 Å². The van der Waals surface area contributed by atoms with Gasteiger partial charge in [0.2, 0.25) is 0 Å². The van der Waals surface area contributed by atoms with Gasteiger partial charge in [0.1, 0.15) is 0 Å². The second-order valence-corrected chi connectivity index (χ2v) is 5.37. The summed E-state index contributed by atoms with van der Waals surface area (Å²) in [4.78, 5) is 2.78. The molecule has 1 aliphatic heterocycles. The minimum atomic E-state index is 0.858. The highest BCUT2D eigenvalue weighted by Gasteiger charge is 2.28. The molecule has 1 heterocycles.